The number of halogens is 1. The van der Waals surface area contributed by atoms with Gasteiger partial charge in [0.05, 0.1) is 24.9 Å². The minimum Gasteiger partial charge on any atom is -0.496 e. The fourth-order valence-electron chi connectivity index (χ4n) is 6.25. The van der Waals surface area contributed by atoms with Crippen LogP contribution in [0.15, 0.2) is 43.0 Å². The number of nitrogens with one attached hydrogen (secondary N) is 3. The van der Waals surface area contributed by atoms with E-state index in [1.165, 1.54) is 11.0 Å². The van der Waals surface area contributed by atoms with Crippen molar-refractivity contribution in [3.05, 3.63) is 48.0 Å². The van der Waals surface area contributed by atoms with Gasteiger partial charge in [0.1, 0.15) is 29.2 Å². The average Bonchev–Trinajstić information content (AvgIpc) is 3.92. The predicted molar refractivity (Wildman–Crippen MR) is 176 cm³/mol. The molecule has 0 spiro atoms. The van der Waals surface area contributed by atoms with Crippen LogP contribution in [0, 0.1) is 11.3 Å². The summed E-state index contributed by atoms with van der Waals surface area (Å²) < 4.78 is 39.4. The van der Waals surface area contributed by atoms with Crippen LogP contribution in [0.5, 0.6) is 11.5 Å². The van der Waals surface area contributed by atoms with Crippen molar-refractivity contribution < 1.29 is 32.3 Å². The molecule has 2 aliphatic carbocycles. The predicted octanol–water partition coefficient (Wildman–Crippen LogP) is 3.54. The Balaban J connectivity index is 1.44. The molecule has 5 rings (SSSR count). The molecule has 0 radical (unpaired) electrons. The Kier molecular flexibility index (Phi) is 9.38. The molecular formula is C33H43ClN4O7S. The van der Waals surface area contributed by atoms with E-state index in [4.69, 9.17) is 21.1 Å². The van der Waals surface area contributed by atoms with E-state index >= 15 is 0 Å². The molecule has 3 aliphatic rings. The maximum atomic E-state index is 14.2. The molecule has 1 heterocycles. The normalized spacial score (nSPS) is 25.1. The smallest absolute Gasteiger partial charge is 0.259 e. The Labute approximate surface area is 275 Å². The minimum absolute atomic E-state index is 0.114. The highest BCUT2D eigenvalue weighted by atomic mass is 35.5. The van der Waals surface area contributed by atoms with Crippen molar-refractivity contribution in [1.29, 1.82) is 0 Å². The van der Waals surface area contributed by atoms with Gasteiger partial charge in [-0.2, -0.15) is 0 Å². The molecule has 2 saturated carbocycles. The van der Waals surface area contributed by atoms with E-state index in [-0.39, 0.29) is 25.3 Å². The number of fused-ring (bicyclic) bond motifs is 1. The van der Waals surface area contributed by atoms with E-state index in [1.54, 1.807) is 31.4 Å². The van der Waals surface area contributed by atoms with E-state index in [0.29, 0.717) is 35.9 Å². The lowest BCUT2D eigenvalue weighted by molar-refractivity contribution is -0.143. The van der Waals surface area contributed by atoms with Crippen molar-refractivity contribution in [3.63, 3.8) is 0 Å². The Morgan fingerprint density at radius 2 is 1.85 bits per heavy atom. The lowest BCUT2D eigenvalue weighted by Gasteiger charge is -2.35. The van der Waals surface area contributed by atoms with Crippen molar-refractivity contribution in [1.82, 2.24) is 20.3 Å². The molecule has 3 amide bonds. The number of likely N-dealkylation sites (N-methyl/N-ethyl adjacent to an activating group) is 1. The maximum absolute atomic E-state index is 14.2. The Bertz CT molecular complexity index is 1650. The van der Waals surface area contributed by atoms with Gasteiger partial charge in [0.25, 0.3) is 5.91 Å². The van der Waals surface area contributed by atoms with E-state index in [9.17, 15) is 22.8 Å². The number of amides is 3. The largest absolute Gasteiger partial charge is 0.496 e. The second kappa shape index (κ2) is 12.7. The van der Waals surface area contributed by atoms with Gasteiger partial charge in [-0.05, 0) is 61.6 Å². The fourth-order valence-corrected chi connectivity index (χ4v) is 7.79. The van der Waals surface area contributed by atoms with Gasteiger partial charge in [0.2, 0.25) is 21.8 Å². The standard InChI is InChI=1S/C33H43ClN4O7S/c1-7-19-17-33(19,31(41)37-46(42,43)22-10-11-22)36-29(39)25-16-21(18-38(25)30(40)28(35-8-2)32(3,4)5)45-27-14-13-26(44-6)23-12-9-20(34)15-24(23)27/h7,9,12-15,19,21-22,25,28,35H,1,8,10-11,16-18H2,2-6H3,(H,36,39)(H,37,41)/t19-,21-,25+,28?,33-/m1/s1. The molecule has 2 aromatic rings. The van der Waals surface area contributed by atoms with Crippen LogP contribution in [0.1, 0.15) is 53.4 Å². The van der Waals surface area contributed by atoms with Gasteiger partial charge in [0, 0.05) is 28.1 Å². The number of benzene rings is 2. The van der Waals surface area contributed by atoms with Crippen LogP contribution in [0.25, 0.3) is 10.8 Å². The van der Waals surface area contributed by atoms with Gasteiger partial charge in [-0.3, -0.25) is 19.1 Å². The highest BCUT2D eigenvalue weighted by Gasteiger charge is 2.62. The first kappa shape index (κ1) is 34.0. The molecule has 0 aromatic heterocycles. The second-order valence-corrected chi connectivity index (χ2v) is 15.9. The van der Waals surface area contributed by atoms with Gasteiger partial charge in [0.15, 0.2) is 0 Å². The molecule has 2 aromatic carbocycles. The first-order valence-electron chi connectivity index (χ1n) is 15.6. The summed E-state index contributed by atoms with van der Waals surface area (Å²) in [5, 5.41) is 7.52. The number of methoxy groups -OCH3 is 1. The van der Waals surface area contributed by atoms with Crippen molar-refractivity contribution in [3.8, 4) is 11.5 Å². The summed E-state index contributed by atoms with van der Waals surface area (Å²) >= 11 is 6.33. The molecule has 3 fully saturated rings. The van der Waals surface area contributed by atoms with Gasteiger partial charge < -0.3 is 25.0 Å². The highest BCUT2D eigenvalue weighted by Crippen LogP contribution is 2.46. The summed E-state index contributed by atoms with van der Waals surface area (Å²) in [6.07, 6.45) is 2.29. The summed E-state index contributed by atoms with van der Waals surface area (Å²) in [5.74, 6) is -0.910. The number of rotatable bonds is 12. The zero-order valence-electron chi connectivity index (χ0n) is 26.9. The molecule has 5 atom stereocenters. The number of ether oxygens (including phenoxy) is 2. The van der Waals surface area contributed by atoms with E-state index in [0.717, 1.165) is 10.8 Å². The molecular weight excluding hydrogens is 632 g/mol. The van der Waals surface area contributed by atoms with Crippen molar-refractivity contribution in [2.45, 2.75) is 82.4 Å². The number of likely N-dealkylation sites (tertiary alicyclic amines) is 1. The molecule has 1 unspecified atom stereocenters. The molecule has 46 heavy (non-hydrogen) atoms. The summed E-state index contributed by atoms with van der Waals surface area (Å²) in [6, 6.07) is 7.35. The van der Waals surface area contributed by atoms with Crippen molar-refractivity contribution in [2.75, 3.05) is 20.2 Å². The van der Waals surface area contributed by atoms with Crippen LogP contribution in [-0.4, -0.2) is 80.2 Å². The molecule has 13 heteroatoms. The Morgan fingerprint density at radius 1 is 1.15 bits per heavy atom. The van der Waals surface area contributed by atoms with Gasteiger partial charge >= 0.3 is 0 Å². The Hall–Kier alpha value is -3.35. The highest BCUT2D eigenvalue weighted by molar-refractivity contribution is 7.91. The SMILES string of the molecule is C=C[C@@H]1C[C@]1(NC(=O)[C@@H]1C[C@@H](Oc2ccc(OC)c3ccc(Cl)cc23)CN1C(=O)C(NCC)C(C)(C)C)C(=O)NS(=O)(=O)C1CC1. The van der Waals surface area contributed by atoms with Gasteiger partial charge in [-0.1, -0.05) is 45.4 Å². The third-order valence-corrected chi connectivity index (χ3v) is 11.1. The monoisotopic (exact) mass is 674 g/mol. The van der Waals surface area contributed by atoms with Crippen molar-refractivity contribution >= 4 is 50.1 Å². The zero-order valence-corrected chi connectivity index (χ0v) is 28.5. The fraction of sp³-hybridized carbons (Fsp3) is 0.545. The number of hydrogen-bond acceptors (Lipinski definition) is 8. The topological polar surface area (TPSA) is 143 Å². The van der Waals surface area contributed by atoms with Gasteiger partial charge in [-0.25, -0.2) is 8.42 Å². The third kappa shape index (κ3) is 6.70. The van der Waals surface area contributed by atoms with Crippen LogP contribution in [0.4, 0.5) is 0 Å². The average molecular weight is 675 g/mol. The molecule has 11 nitrogen and oxygen atoms in total. The van der Waals surface area contributed by atoms with Crippen LogP contribution in [0.3, 0.4) is 0 Å². The number of hydrogen-bond donors (Lipinski definition) is 3. The summed E-state index contributed by atoms with van der Waals surface area (Å²) in [7, 11) is -2.26. The van der Waals surface area contributed by atoms with Crippen LogP contribution >= 0.6 is 11.6 Å². The van der Waals surface area contributed by atoms with Crippen LogP contribution in [-0.2, 0) is 24.4 Å². The third-order valence-electron chi connectivity index (χ3n) is 9.03. The first-order valence-corrected chi connectivity index (χ1v) is 17.5. The number of carbonyl (C=O) groups excluding carboxylic acids is 3. The maximum Gasteiger partial charge on any atom is 0.259 e. The zero-order chi connectivity index (χ0) is 33.6. The molecule has 3 N–H and O–H groups in total. The number of sulfonamides is 1. The second-order valence-electron chi connectivity index (χ2n) is 13.5. The van der Waals surface area contributed by atoms with E-state index < -0.39 is 62.1 Å². The summed E-state index contributed by atoms with van der Waals surface area (Å²) in [5.41, 5.74) is -1.94. The number of carbonyl (C=O) groups is 3. The molecule has 1 saturated heterocycles. The summed E-state index contributed by atoms with van der Waals surface area (Å²) in [6.45, 7) is 12.2. The molecule has 1 aliphatic heterocycles. The quantitative estimate of drug-likeness (QED) is 0.290. The van der Waals surface area contributed by atoms with E-state index in [2.05, 4.69) is 21.9 Å². The minimum atomic E-state index is -3.84. The lowest BCUT2D eigenvalue weighted by Crippen LogP contribution is -2.59. The first-order chi connectivity index (χ1) is 21.6. The van der Waals surface area contributed by atoms with Crippen molar-refractivity contribution in [2.24, 2.45) is 11.3 Å². The number of nitrogens with zero attached hydrogens (tertiary/aromatic N) is 1. The lowest BCUT2D eigenvalue weighted by atomic mass is 9.85. The van der Waals surface area contributed by atoms with Crippen LogP contribution in [0.2, 0.25) is 5.02 Å². The van der Waals surface area contributed by atoms with Gasteiger partial charge in [-0.15, -0.1) is 6.58 Å². The molecule has 250 valence electrons. The van der Waals surface area contributed by atoms with E-state index in [1.807, 2.05) is 33.8 Å². The Morgan fingerprint density at radius 3 is 2.43 bits per heavy atom. The molecule has 0 bridgehead atoms. The summed E-state index contributed by atoms with van der Waals surface area (Å²) in [4.78, 5) is 43.1. The van der Waals surface area contributed by atoms with Crippen LogP contribution < -0.4 is 24.8 Å².